The summed E-state index contributed by atoms with van der Waals surface area (Å²) >= 11 is 0. The molecule has 0 aliphatic heterocycles. The lowest BCUT2D eigenvalue weighted by Gasteiger charge is -2.05. The normalized spacial score (nSPS) is 11.4. The van der Waals surface area contributed by atoms with Gasteiger partial charge in [-0.25, -0.2) is 0 Å². The van der Waals surface area contributed by atoms with Crippen LogP contribution < -0.4 is 0 Å². The maximum atomic E-state index is 9.09. The van der Waals surface area contributed by atoms with E-state index in [1.807, 2.05) is 6.92 Å². The van der Waals surface area contributed by atoms with Crippen LogP contribution in [0, 0.1) is 12.3 Å². The minimum Gasteiger partial charge on any atom is -0.377 e. The van der Waals surface area contributed by atoms with E-state index in [1.54, 1.807) is 0 Å². The Bertz CT molecular complexity index is 194. The molecular weight excluding hydrogens is 140 g/mol. The average Bonchev–Trinajstić information content (AvgIpc) is 2.05. The monoisotopic (exact) mass is 152 g/mol. The third-order valence-electron chi connectivity index (χ3n) is 1.18. The first-order chi connectivity index (χ1) is 5.26. The molecule has 2 nitrogen and oxygen atoms in total. The smallest absolute Gasteiger partial charge is 0.145 e. The summed E-state index contributed by atoms with van der Waals surface area (Å²) < 4.78 is 5.01. The number of aliphatic hydroxyl groups excluding tert-OH is 1. The molecule has 0 aromatic carbocycles. The Kier molecular flexibility index (Phi) is 5.24. The molecule has 0 fully saturated rings. The molecule has 0 spiro atoms. The molecule has 0 aliphatic rings. The highest BCUT2D eigenvalue weighted by molar-refractivity contribution is 5.17. The highest BCUT2D eigenvalue weighted by Crippen LogP contribution is 1.99. The lowest BCUT2D eigenvalue weighted by Crippen LogP contribution is -2.11. The van der Waals surface area contributed by atoms with Gasteiger partial charge >= 0.3 is 0 Å². The molecule has 0 aliphatic carbocycles. The number of hydrogen-bond acceptors (Lipinski definition) is 2. The van der Waals surface area contributed by atoms with Crippen molar-refractivity contribution in [3.8, 4) is 12.3 Å². The van der Waals surface area contributed by atoms with E-state index in [9.17, 15) is 0 Å². The van der Waals surface area contributed by atoms with Gasteiger partial charge in [0.15, 0.2) is 0 Å². The van der Waals surface area contributed by atoms with Crippen LogP contribution in [0.3, 0.4) is 0 Å². The Labute approximate surface area is 67.2 Å². The first-order valence-corrected chi connectivity index (χ1v) is 3.37. The van der Waals surface area contributed by atoms with Gasteiger partial charge in [0.25, 0.3) is 0 Å². The molecule has 0 aromatic rings. The van der Waals surface area contributed by atoms with Crippen molar-refractivity contribution in [2.45, 2.75) is 13.0 Å². The second-order valence-corrected chi connectivity index (χ2v) is 1.91. The molecule has 0 amide bonds. The highest BCUT2D eigenvalue weighted by Gasteiger charge is 2.05. The maximum Gasteiger partial charge on any atom is 0.145 e. The molecule has 0 aromatic heterocycles. The standard InChI is InChI=1S/C9H12O2/c1-4-8(7-11-6-3)9(10)5-2/h2,9-10H,1,6-7H2,3H3/t9-/m0/s1. The Morgan fingerprint density at radius 1 is 1.82 bits per heavy atom. The molecule has 0 saturated carbocycles. The van der Waals surface area contributed by atoms with Crippen molar-refractivity contribution in [2.24, 2.45) is 0 Å². The van der Waals surface area contributed by atoms with Crippen LogP contribution in [0.2, 0.25) is 0 Å². The Hall–Kier alpha value is -1.00. The average molecular weight is 152 g/mol. The zero-order valence-corrected chi connectivity index (χ0v) is 6.63. The van der Waals surface area contributed by atoms with Crippen LogP contribution >= 0.6 is 0 Å². The van der Waals surface area contributed by atoms with Gasteiger partial charge in [0, 0.05) is 12.2 Å². The molecule has 0 bridgehead atoms. The van der Waals surface area contributed by atoms with Gasteiger partial charge in [-0.3, -0.25) is 0 Å². The second kappa shape index (κ2) is 5.76. The molecule has 1 atom stereocenters. The molecule has 1 N–H and O–H groups in total. The van der Waals surface area contributed by atoms with Crippen LogP contribution in [-0.4, -0.2) is 24.4 Å². The zero-order valence-electron chi connectivity index (χ0n) is 6.63. The van der Waals surface area contributed by atoms with Gasteiger partial charge < -0.3 is 9.84 Å². The predicted molar refractivity (Wildman–Crippen MR) is 44.0 cm³/mol. The van der Waals surface area contributed by atoms with Gasteiger partial charge in [0.2, 0.25) is 0 Å². The van der Waals surface area contributed by atoms with E-state index in [-0.39, 0.29) is 0 Å². The Morgan fingerprint density at radius 3 is 2.82 bits per heavy atom. The number of terminal acetylenes is 1. The van der Waals surface area contributed by atoms with Gasteiger partial charge in [0.1, 0.15) is 6.10 Å². The molecule has 11 heavy (non-hydrogen) atoms. The van der Waals surface area contributed by atoms with Crippen LogP contribution in [0.15, 0.2) is 17.9 Å². The van der Waals surface area contributed by atoms with E-state index >= 15 is 0 Å². The molecule has 0 unspecified atom stereocenters. The van der Waals surface area contributed by atoms with Gasteiger partial charge in [0.05, 0.1) is 6.61 Å². The quantitative estimate of drug-likeness (QED) is 0.475. The van der Waals surface area contributed by atoms with Gasteiger partial charge in [-0.15, -0.1) is 12.2 Å². The predicted octanol–water partition coefficient (Wildman–Crippen LogP) is 0.728. The highest BCUT2D eigenvalue weighted by atomic mass is 16.5. The summed E-state index contributed by atoms with van der Waals surface area (Å²) in [6.07, 6.45) is 4.06. The van der Waals surface area contributed by atoms with Gasteiger partial charge in [-0.2, -0.15) is 0 Å². The summed E-state index contributed by atoms with van der Waals surface area (Å²) in [6.45, 7) is 6.13. The topological polar surface area (TPSA) is 29.5 Å². The van der Waals surface area contributed by atoms with Crippen molar-refractivity contribution < 1.29 is 9.84 Å². The Balaban J connectivity index is 4.00. The van der Waals surface area contributed by atoms with Crippen LogP contribution in [0.1, 0.15) is 6.92 Å². The van der Waals surface area contributed by atoms with Crippen molar-refractivity contribution in [1.29, 1.82) is 0 Å². The first kappa shape index (κ1) is 10.0. The van der Waals surface area contributed by atoms with Gasteiger partial charge in [-0.1, -0.05) is 12.5 Å². The third-order valence-corrected chi connectivity index (χ3v) is 1.18. The lowest BCUT2D eigenvalue weighted by atomic mass is 10.2. The van der Waals surface area contributed by atoms with Crippen LogP contribution in [-0.2, 0) is 4.74 Å². The summed E-state index contributed by atoms with van der Waals surface area (Å²) in [7, 11) is 0. The van der Waals surface area contributed by atoms with Gasteiger partial charge in [-0.05, 0) is 6.92 Å². The number of rotatable bonds is 4. The van der Waals surface area contributed by atoms with E-state index in [1.165, 1.54) is 0 Å². The molecular formula is C9H12O2. The Morgan fingerprint density at radius 2 is 2.45 bits per heavy atom. The molecule has 60 valence electrons. The van der Waals surface area contributed by atoms with Crippen LogP contribution in [0.4, 0.5) is 0 Å². The van der Waals surface area contributed by atoms with Crippen molar-refractivity contribution in [3.63, 3.8) is 0 Å². The molecule has 0 radical (unpaired) electrons. The summed E-state index contributed by atoms with van der Waals surface area (Å²) in [4.78, 5) is 0. The second-order valence-electron chi connectivity index (χ2n) is 1.91. The first-order valence-electron chi connectivity index (χ1n) is 3.37. The van der Waals surface area contributed by atoms with E-state index in [0.29, 0.717) is 18.8 Å². The fourth-order valence-corrected chi connectivity index (χ4v) is 0.539. The van der Waals surface area contributed by atoms with E-state index < -0.39 is 6.10 Å². The lowest BCUT2D eigenvalue weighted by molar-refractivity contribution is 0.151. The molecule has 0 saturated heterocycles. The summed E-state index contributed by atoms with van der Waals surface area (Å²) in [6, 6.07) is 0. The minimum atomic E-state index is -0.918. The van der Waals surface area contributed by atoms with Crippen molar-refractivity contribution >= 4 is 0 Å². The van der Waals surface area contributed by atoms with Crippen molar-refractivity contribution in [1.82, 2.24) is 0 Å². The molecule has 2 heteroatoms. The zero-order chi connectivity index (χ0) is 8.69. The number of ether oxygens (including phenoxy) is 1. The SMILES string of the molecule is C#C[C@H](O)C(=C=C)COCC. The van der Waals surface area contributed by atoms with E-state index in [0.717, 1.165) is 0 Å². The van der Waals surface area contributed by atoms with Crippen LogP contribution in [0.25, 0.3) is 0 Å². The summed E-state index contributed by atoms with van der Waals surface area (Å²) in [5.41, 5.74) is 3.05. The molecule has 0 heterocycles. The largest absolute Gasteiger partial charge is 0.377 e. The van der Waals surface area contributed by atoms with Crippen molar-refractivity contribution in [3.05, 3.63) is 17.9 Å². The number of hydrogen-bond donors (Lipinski definition) is 1. The van der Waals surface area contributed by atoms with E-state index in [4.69, 9.17) is 16.3 Å². The number of aliphatic hydroxyl groups is 1. The minimum absolute atomic E-state index is 0.297. The fourth-order valence-electron chi connectivity index (χ4n) is 0.539. The summed E-state index contributed by atoms with van der Waals surface area (Å²) in [5.74, 6) is 2.16. The van der Waals surface area contributed by atoms with Crippen LogP contribution in [0.5, 0.6) is 0 Å². The van der Waals surface area contributed by atoms with E-state index in [2.05, 4.69) is 18.2 Å². The molecule has 0 rings (SSSR count). The third kappa shape index (κ3) is 3.64. The fraction of sp³-hybridized carbons (Fsp3) is 0.444. The summed E-state index contributed by atoms with van der Waals surface area (Å²) in [5, 5.41) is 9.09. The maximum absolute atomic E-state index is 9.09. The van der Waals surface area contributed by atoms with Crippen molar-refractivity contribution in [2.75, 3.05) is 13.2 Å².